The molecule has 280 valence electrons. The van der Waals surface area contributed by atoms with Gasteiger partial charge in [-0.25, -0.2) is 13.6 Å². The second-order valence-electron chi connectivity index (χ2n) is 14.5. The molecule has 2 fully saturated rings. The molecule has 1 aliphatic carbocycles. The van der Waals surface area contributed by atoms with Crippen molar-refractivity contribution in [2.24, 2.45) is 5.41 Å². The summed E-state index contributed by atoms with van der Waals surface area (Å²) in [5.74, 6) is -0.853. The number of piperazine rings is 1. The Morgan fingerprint density at radius 1 is 0.849 bits per heavy atom. The zero-order valence-corrected chi connectivity index (χ0v) is 30.5. The Bertz CT molecular complexity index is 1970. The van der Waals surface area contributed by atoms with Gasteiger partial charge in [-0.1, -0.05) is 6.07 Å². The van der Waals surface area contributed by atoms with Crippen molar-refractivity contribution in [3.05, 3.63) is 89.6 Å². The summed E-state index contributed by atoms with van der Waals surface area (Å²) in [7, 11) is 1.57. The highest BCUT2D eigenvalue weighted by atomic mass is 19.1. The van der Waals surface area contributed by atoms with Gasteiger partial charge in [0.25, 0.3) is 0 Å². The van der Waals surface area contributed by atoms with Crippen LogP contribution in [0.4, 0.5) is 25.0 Å². The third-order valence-corrected chi connectivity index (χ3v) is 9.43. The van der Waals surface area contributed by atoms with E-state index < -0.39 is 34.5 Å². The molecule has 2 N–H and O–H groups in total. The Morgan fingerprint density at radius 3 is 2.17 bits per heavy atom. The third-order valence-electron chi connectivity index (χ3n) is 9.43. The summed E-state index contributed by atoms with van der Waals surface area (Å²) in [6.45, 7) is 9.65. The number of hydrogen-bond acceptors (Lipinski definition) is 8. The molecule has 1 saturated carbocycles. The van der Waals surface area contributed by atoms with Crippen LogP contribution in [-0.2, 0) is 20.7 Å². The number of anilines is 2. The van der Waals surface area contributed by atoms with Crippen molar-refractivity contribution in [1.29, 1.82) is 0 Å². The van der Waals surface area contributed by atoms with Crippen molar-refractivity contribution in [1.82, 2.24) is 14.8 Å². The largest absolute Gasteiger partial charge is 0.493 e. The number of amides is 3. The van der Waals surface area contributed by atoms with E-state index in [0.29, 0.717) is 60.8 Å². The topological polar surface area (TPSA) is 122 Å². The first kappa shape index (κ1) is 37.5. The van der Waals surface area contributed by atoms with Crippen molar-refractivity contribution in [3.8, 4) is 11.5 Å². The van der Waals surface area contributed by atoms with Crippen molar-refractivity contribution in [3.63, 3.8) is 0 Å². The number of carbonyl (C=O) groups excluding carboxylic acids is 3. The molecule has 6 rings (SSSR count). The van der Waals surface area contributed by atoms with E-state index in [1.165, 1.54) is 30.3 Å². The Morgan fingerprint density at radius 2 is 1.53 bits per heavy atom. The van der Waals surface area contributed by atoms with Crippen LogP contribution in [0.2, 0.25) is 0 Å². The number of nitrogens with one attached hydrogen (secondary N) is 2. The molecule has 0 radical (unpaired) electrons. The Kier molecular flexibility index (Phi) is 11.1. The normalized spacial score (nSPS) is 15.5. The lowest BCUT2D eigenvalue weighted by molar-refractivity contribution is -0.131. The first-order chi connectivity index (χ1) is 25.3. The minimum atomic E-state index is -1.26. The number of aromatic nitrogens is 1. The molecular formula is C40H45F2N5O6. The van der Waals surface area contributed by atoms with Gasteiger partial charge in [-0.2, -0.15) is 0 Å². The monoisotopic (exact) mass is 729 g/mol. The predicted octanol–water partition coefficient (Wildman–Crippen LogP) is 6.79. The van der Waals surface area contributed by atoms with Crippen LogP contribution in [0.3, 0.4) is 0 Å². The number of halogens is 2. The molecule has 1 saturated heterocycles. The fourth-order valence-corrected chi connectivity index (χ4v) is 6.28. The third kappa shape index (κ3) is 9.20. The van der Waals surface area contributed by atoms with Crippen molar-refractivity contribution in [2.75, 3.05) is 57.1 Å². The highest BCUT2D eigenvalue weighted by molar-refractivity contribution is 6.16. The molecule has 2 aliphatic rings. The van der Waals surface area contributed by atoms with Crippen LogP contribution >= 0.6 is 0 Å². The van der Waals surface area contributed by atoms with E-state index in [1.807, 2.05) is 39.0 Å². The molecular weight excluding hydrogens is 684 g/mol. The van der Waals surface area contributed by atoms with E-state index in [4.69, 9.17) is 14.2 Å². The van der Waals surface area contributed by atoms with Gasteiger partial charge in [0.2, 0.25) is 11.8 Å². The first-order valence-electron chi connectivity index (χ1n) is 17.8. The van der Waals surface area contributed by atoms with Crippen LogP contribution in [0.15, 0.2) is 66.9 Å². The van der Waals surface area contributed by atoms with Crippen LogP contribution in [0.5, 0.6) is 11.5 Å². The van der Waals surface area contributed by atoms with Gasteiger partial charge in [-0.05, 0) is 99.7 Å². The van der Waals surface area contributed by atoms with Crippen LogP contribution in [0, 0.1) is 17.0 Å². The van der Waals surface area contributed by atoms with Gasteiger partial charge in [0.05, 0.1) is 19.2 Å². The lowest BCUT2D eigenvalue weighted by Crippen LogP contribution is -2.50. The standard InChI is InChI=1S/C40H45F2N5O6/c1-39(2,3)53-38(50)47-19-17-46(18-20-47)16-5-21-52-35-25-33-31(24-34(35)51-4)26(12-15-43-33)22-27-6-9-30(23-32(27)42)45-37(49)40(13-14-40)36(48)44-29-10-7-28(41)8-11-29/h6-12,15,23-25H,5,13-14,16-22H2,1-4H3,(H,44,48)(H,45,49). The predicted molar refractivity (Wildman–Crippen MR) is 197 cm³/mol. The Hall–Kier alpha value is -5.30. The number of ether oxygens (including phenoxy) is 3. The summed E-state index contributed by atoms with van der Waals surface area (Å²) in [5, 5.41) is 6.15. The fraction of sp³-hybridized carbons (Fsp3) is 0.400. The Labute approximate surface area is 307 Å². The highest BCUT2D eigenvalue weighted by Crippen LogP contribution is 2.47. The van der Waals surface area contributed by atoms with E-state index in [1.54, 1.807) is 30.3 Å². The molecule has 0 spiro atoms. The summed E-state index contributed by atoms with van der Waals surface area (Å²) >= 11 is 0. The van der Waals surface area contributed by atoms with Gasteiger partial charge in [-0.3, -0.25) is 19.5 Å². The number of hydrogen-bond donors (Lipinski definition) is 2. The van der Waals surface area contributed by atoms with Crippen LogP contribution in [0.25, 0.3) is 10.9 Å². The molecule has 13 heteroatoms. The smallest absolute Gasteiger partial charge is 0.410 e. The summed E-state index contributed by atoms with van der Waals surface area (Å²) in [6.07, 6.45) is 3.14. The average Bonchev–Trinajstić information content (AvgIpc) is 3.94. The summed E-state index contributed by atoms with van der Waals surface area (Å²) in [5.41, 5.74) is 0.764. The van der Waals surface area contributed by atoms with Gasteiger partial charge in [0, 0.05) is 68.2 Å². The molecule has 53 heavy (non-hydrogen) atoms. The summed E-state index contributed by atoms with van der Waals surface area (Å²) < 4.78 is 46.0. The van der Waals surface area contributed by atoms with E-state index in [2.05, 4.69) is 20.5 Å². The number of fused-ring (bicyclic) bond motifs is 1. The highest BCUT2D eigenvalue weighted by Gasteiger charge is 2.56. The minimum absolute atomic E-state index is 0.239. The lowest BCUT2D eigenvalue weighted by atomic mass is 10.00. The number of rotatable bonds is 12. The number of carbonyl (C=O) groups is 3. The number of benzene rings is 3. The molecule has 0 atom stereocenters. The lowest BCUT2D eigenvalue weighted by Gasteiger charge is -2.35. The SMILES string of the molecule is COc1cc2c(Cc3ccc(NC(=O)C4(C(=O)Nc5ccc(F)cc5)CC4)cc3F)ccnc2cc1OCCCN1CCN(C(=O)OC(C)(C)C)CC1. The molecule has 4 aromatic rings. The molecule has 1 aromatic heterocycles. The maximum Gasteiger partial charge on any atom is 0.410 e. The minimum Gasteiger partial charge on any atom is -0.493 e. The maximum absolute atomic E-state index is 15.5. The van der Waals surface area contributed by atoms with Gasteiger partial charge in [-0.15, -0.1) is 0 Å². The van der Waals surface area contributed by atoms with Crippen LogP contribution in [0.1, 0.15) is 51.2 Å². The van der Waals surface area contributed by atoms with E-state index in [-0.39, 0.29) is 18.2 Å². The molecule has 11 nitrogen and oxygen atoms in total. The quantitative estimate of drug-likeness (QED) is 0.121. The average molecular weight is 730 g/mol. The molecule has 3 amide bonds. The number of pyridine rings is 1. The molecule has 0 unspecified atom stereocenters. The summed E-state index contributed by atoms with van der Waals surface area (Å²) in [6, 6.07) is 15.3. The molecule has 1 aliphatic heterocycles. The number of nitrogens with zero attached hydrogens (tertiary/aromatic N) is 3. The van der Waals surface area contributed by atoms with Gasteiger partial charge in [0.15, 0.2) is 11.5 Å². The van der Waals surface area contributed by atoms with Crippen LogP contribution in [-0.4, -0.2) is 84.7 Å². The fourth-order valence-electron chi connectivity index (χ4n) is 6.28. The van der Waals surface area contributed by atoms with Crippen LogP contribution < -0.4 is 20.1 Å². The second-order valence-corrected chi connectivity index (χ2v) is 14.5. The molecule has 2 heterocycles. The van der Waals surface area contributed by atoms with Crippen molar-refractivity contribution >= 4 is 40.2 Å². The van der Waals surface area contributed by atoms with E-state index >= 15 is 4.39 Å². The molecule has 0 bridgehead atoms. The van der Waals surface area contributed by atoms with E-state index in [9.17, 15) is 18.8 Å². The zero-order chi connectivity index (χ0) is 37.8. The van der Waals surface area contributed by atoms with Gasteiger partial charge >= 0.3 is 6.09 Å². The van der Waals surface area contributed by atoms with Crippen molar-refractivity contribution in [2.45, 2.75) is 52.1 Å². The maximum atomic E-state index is 15.5. The first-order valence-corrected chi connectivity index (χ1v) is 17.8. The Balaban J connectivity index is 1.03. The zero-order valence-electron chi connectivity index (χ0n) is 30.5. The molecule has 3 aromatic carbocycles. The summed E-state index contributed by atoms with van der Waals surface area (Å²) in [4.78, 5) is 47.0. The number of methoxy groups -OCH3 is 1. The second kappa shape index (κ2) is 15.7. The van der Waals surface area contributed by atoms with Crippen molar-refractivity contribution < 1.29 is 37.4 Å². The van der Waals surface area contributed by atoms with Gasteiger partial charge < -0.3 is 29.7 Å². The van der Waals surface area contributed by atoms with E-state index in [0.717, 1.165) is 37.0 Å². The van der Waals surface area contributed by atoms with Gasteiger partial charge in [0.1, 0.15) is 22.7 Å².